The fourth-order valence-electron chi connectivity index (χ4n) is 7.10. The van der Waals surface area contributed by atoms with Crippen molar-refractivity contribution in [2.45, 2.75) is 74.6 Å². The third-order valence-corrected chi connectivity index (χ3v) is 10.7. The van der Waals surface area contributed by atoms with Crippen LogP contribution in [0.4, 0.5) is 5.69 Å². The number of anilines is 1. The molecule has 2 saturated heterocycles. The van der Waals surface area contributed by atoms with Crippen LogP contribution >= 0.6 is 11.8 Å². The molecule has 0 saturated carbocycles. The van der Waals surface area contributed by atoms with E-state index in [1.54, 1.807) is 21.6 Å². The third kappa shape index (κ3) is 3.94. The van der Waals surface area contributed by atoms with E-state index in [1.165, 1.54) is 0 Å². The second kappa shape index (κ2) is 10.2. The van der Waals surface area contributed by atoms with E-state index in [0.717, 1.165) is 18.5 Å². The molecule has 1 aromatic carbocycles. The summed E-state index contributed by atoms with van der Waals surface area (Å²) in [6.45, 7) is 8.82. The van der Waals surface area contributed by atoms with Crippen LogP contribution in [0.15, 0.2) is 54.6 Å². The summed E-state index contributed by atoms with van der Waals surface area (Å²) in [5, 5.41) is 10.3. The number of fused-ring (bicyclic) bond motifs is 2. The minimum atomic E-state index is -0.892. The number of rotatable bonds is 7. The molecule has 4 aliphatic rings. The minimum Gasteiger partial charge on any atom is -0.394 e. The SMILES string of the molecule is CCCC(C)N1CC=C[C@]23S[C@@]4(C)C=CCN(c5ccccc5)C(=O)[C@H]4[C@H]2C(=O)N([C@@H](CC)CO)C3C1=O. The molecule has 7 atom stereocenters. The number of hydrogen-bond donors (Lipinski definition) is 1. The normalized spacial score (nSPS) is 34.1. The Labute approximate surface area is 229 Å². The molecule has 1 N–H and O–H groups in total. The Balaban J connectivity index is 1.65. The van der Waals surface area contributed by atoms with Gasteiger partial charge in [-0.1, -0.05) is 62.8 Å². The van der Waals surface area contributed by atoms with Crippen LogP contribution in [-0.2, 0) is 14.4 Å². The van der Waals surface area contributed by atoms with Crippen molar-refractivity contribution < 1.29 is 19.5 Å². The van der Waals surface area contributed by atoms with Crippen molar-refractivity contribution in [1.82, 2.24) is 9.80 Å². The lowest BCUT2D eigenvalue weighted by Crippen LogP contribution is -2.57. The fourth-order valence-corrected chi connectivity index (χ4v) is 9.24. The van der Waals surface area contributed by atoms with Gasteiger partial charge in [0.15, 0.2) is 0 Å². The molecule has 1 aromatic rings. The van der Waals surface area contributed by atoms with Crippen molar-refractivity contribution in [3.63, 3.8) is 0 Å². The van der Waals surface area contributed by atoms with Crippen LogP contribution in [0.3, 0.4) is 0 Å². The summed E-state index contributed by atoms with van der Waals surface area (Å²) in [5.74, 6) is -1.71. The van der Waals surface area contributed by atoms with Gasteiger partial charge in [0, 0.05) is 29.6 Å². The van der Waals surface area contributed by atoms with Crippen LogP contribution in [0.1, 0.15) is 47.0 Å². The molecule has 5 rings (SSSR count). The van der Waals surface area contributed by atoms with Gasteiger partial charge >= 0.3 is 0 Å². The number of aliphatic hydroxyl groups is 1. The maximum Gasteiger partial charge on any atom is 0.247 e. The lowest BCUT2D eigenvalue weighted by molar-refractivity contribution is -0.146. The Kier molecular flexibility index (Phi) is 7.24. The highest BCUT2D eigenvalue weighted by molar-refractivity contribution is 8.02. The molecular formula is C30H39N3O4S. The molecule has 204 valence electrons. The van der Waals surface area contributed by atoms with Gasteiger partial charge in [0.25, 0.3) is 0 Å². The number of thioether (sulfide) groups is 1. The quantitative estimate of drug-likeness (QED) is 0.538. The Bertz CT molecular complexity index is 1150. The molecule has 1 spiro atoms. The summed E-state index contributed by atoms with van der Waals surface area (Å²) >= 11 is 1.59. The van der Waals surface area contributed by atoms with Crippen molar-refractivity contribution >= 4 is 35.2 Å². The third-order valence-electron chi connectivity index (χ3n) is 8.91. The van der Waals surface area contributed by atoms with Gasteiger partial charge in [-0.3, -0.25) is 14.4 Å². The van der Waals surface area contributed by atoms with E-state index in [4.69, 9.17) is 0 Å². The van der Waals surface area contributed by atoms with Crippen molar-refractivity contribution in [3.05, 3.63) is 54.6 Å². The van der Waals surface area contributed by atoms with E-state index in [-0.39, 0.29) is 30.4 Å². The monoisotopic (exact) mass is 537 g/mol. The second-order valence-electron chi connectivity index (χ2n) is 11.2. The fraction of sp³-hybridized carbons (Fsp3) is 0.567. The van der Waals surface area contributed by atoms with Gasteiger partial charge in [0.2, 0.25) is 17.7 Å². The van der Waals surface area contributed by atoms with Crippen LogP contribution in [0, 0.1) is 11.8 Å². The second-order valence-corrected chi connectivity index (χ2v) is 13.0. The maximum atomic E-state index is 14.5. The number of amides is 3. The Morgan fingerprint density at radius 1 is 1.00 bits per heavy atom. The molecule has 4 heterocycles. The summed E-state index contributed by atoms with van der Waals surface area (Å²) in [6, 6.07) is 8.34. The van der Waals surface area contributed by atoms with E-state index >= 15 is 0 Å². The molecule has 8 heteroatoms. The highest BCUT2D eigenvalue weighted by Gasteiger charge is 2.74. The van der Waals surface area contributed by atoms with E-state index in [2.05, 4.69) is 26.0 Å². The maximum absolute atomic E-state index is 14.5. The molecular weight excluding hydrogens is 498 g/mol. The number of nitrogens with zero attached hydrogens (tertiary/aromatic N) is 3. The molecule has 2 fully saturated rings. The van der Waals surface area contributed by atoms with Crippen molar-refractivity contribution in [2.24, 2.45) is 11.8 Å². The van der Waals surface area contributed by atoms with Crippen LogP contribution < -0.4 is 4.90 Å². The van der Waals surface area contributed by atoms with Crippen molar-refractivity contribution in [1.29, 1.82) is 0 Å². The van der Waals surface area contributed by atoms with Gasteiger partial charge in [-0.25, -0.2) is 0 Å². The van der Waals surface area contributed by atoms with Crippen LogP contribution in [0.5, 0.6) is 0 Å². The first-order chi connectivity index (χ1) is 18.2. The average Bonchev–Trinajstić information content (AvgIpc) is 3.17. The standard InChI is InChI=1S/C30H39N3O4S/c1-5-12-20(3)31-17-11-16-30-24(27(36)33(21(6-2)19-34)25(30)28(31)37)23-26(35)32(22-13-8-7-9-14-22)18-10-15-29(23,4)38-30/h7-11,13-16,20-21,23-25,34H,5-6,12,17-19H2,1-4H3/t20?,21-,23+,24-,25?,29-,30-/m0/s1. The average molecular weight is 538 g/mol. The first-order valence-corrected chi connectivity index (χ1v) is 14.7. The summed E-state index contributed by atoms with van der Waals surface area (Å²) in [4.78, 5) is 48.5. The number of carbonyl (C=O) groups excluding carboxylic acids is 3. The van der Waals surface area contributed by atoms with Gasteiger partial charge in [-0.05, 0) is 38.8 Å². The van der Waals surface area contributed by atoms with E-state index in [0.29, 0.717) is 19.5 Å². The van der Waals surface area contributed by atoms with E-state index < -0.39 is 33.4 Å². The van der Waals surface area contributed by atoms with Gasteiger partial charge in [-0.15, -0.1) is 11.8 Å². The lowest BCUT2D eigenvalue weighted by Gasteiger charge is -2.40. The van der Waals surface area contributed by atoms with Crippen molar-refractivity contribution in [3.8, 4) is 0 Å². The zero-order valence-corrected chi connectivity index (χ0v) is 23.6. The number of benzene rings is 1. The van der Waals surface area contributed by atoms with E-state index in [9.17, 15) is 19.5 Å². The largest absolute Gasteiger partial charge is 0.394 e. The highest BCUT2D eigenvalue weighted by atomic mass is 32.2. The molecule has 0 aromatic heterocycles. The topological polar surface area (TPSA) is 81.2 Å². The summed E-state index contributed by atoms with van der Waals surface area (Å²) in [7, 11) is 0. The molecule has 2 unspecified atom stereocenters. The Morgan fingerprint density at radius 3 is 2.37 bits per heavy atom. The van der Waals surface area contributed by atoms with E-state index in [1.807, 2.05) is 61.2 Å². The Hall–Kier alpha value is -2.58. The van der Waals surface area contributed by atoms with Crippen LogP contribution in [0.2, 0.25) is 0 Å². The molecule has 7 nitrogen and oxygen atoms in total. The smallest absolute Gasteiger partial charge is 0.247 e. The molecule has 4 aliphatic heterocycles. The van der Waals surface area contributed by atoms with Gasteiger partial charge in [0.05, 0.1) is 29.2 Å². The predicted molar refractivity (Wildman–Crippen MR) is 151 cm³/mol. The molecule has 0 aliphatic carbocycles. The summed E-state index contributed by atoms with van der Waals surface area (Å²) in [6.07, 6.45) is 10.5. The Morgan fingerprint density at radius 2 is 1.71 bits per heavy atom. The predicted octanol–water partition coefficient (Wildman–Crippen LogP) is 3.63. The molecule has 38 heavy (non-hydrogen) atoms. The van der Waals surface area contributed by atoms with Gasteiger partial charge in [0.1, 0.15) is 6.04 Å². The van der Waals surface area contributed by atoms with Crippen LogP contribution in [0.25, 0.3) is 0 Å². The van der Waals surface area contributed by atoms with Gasteiger partial charge in [-0.2, -0.15) is 0 Å². The van der Waals surface area contributed by atoms with Crippen molar-refractivity contribution in [2.75, 3.05) is 24.6 Å². The number of carbonyl (C=O) groups is 3. The molecule has 0 bridgehead atoms. The first-order valence-electron chi connectivity index (χ1n) is 13.9. The number of aliphatic hydroxyl groups excluding tert-OH is 1. The number of para-hydroxylation sites is 1. The highest BCUT2D eigenvalue weighted by Crippen LogP contribution is 2.66. The summed E-state index contributed by atoms with van der Waals surface area (Å²) in [5.41, 5.74) is 0.796. The first kappa shape index (κ1) is 27.0. The zero-order valence-electron chi connectivity index (χ0n) is 22.7. The molecule has 0 radical (unpaired) electrons. The number of likely N-dealkylation sites (tertiary alicyclic amines) is 1. The minimum absolute atomic E-state index is 0.0278. The molecule has 3 amide bonds. The zero-order chi connectivity index (χ0) is 27.2. The van der Waals surface area contributed by atoms with Crippen LogP contribution in [-0.4, -0.2) is 79.9 Å². The number of hydrogen-bond acceptors (Lipinski definition) is 5. The van der Waals surface area contributed by atoms with Gasteiger partial charge < -0.3 is 19.8 Å². The lowest BCUT2D eigenvalue weighted by atomic mass is 9.74. The summed E-state index contributed by atoms with van der Waals surface area (Å²) < 4.78 is -1.54.